The number of hydrogen-bond donors (Lipinski definition) is 2. The van der Waals surface area contributed by atoms with Crippen LogP contribution in [-0.2, 0) is 12.3 Å². The molecule has 0 fully saturated rings. The molecule has 1 amide bonds. The number of halogens is 3. The number of thioether (sulfide) groups is 1. The van der Waals surface area contributed by atoms with Gasteiger partial charge in [-0.1, -0.05) is 30.3 Å². The second-order valence-electron chi connectivity index (χ2n) is 8.58. The number of aromatic carboxylic acids is 1. The van der Waals surface area contributed by atoms with Gasteiger partial charge in [-0.05, 0) is 36.2 Å². The summed E-state index contributed by atoms with van der Waals surface area (Å²) in [5.74, 6) is -1.66. The van der Waals surface area contributed by atoms with Crippen LogP contribution in [0.4, 0.5) is 19.0 Å². The van der Waals surface area contributed by atoms with Gasteiger partial charge in [0, 0.05) is 29.0 Å². The highest BCUT2D eigenvalue weighted by atomic mass is 32.2. The first-order valence-electron chi connectivity index (χ1n) is 11.1. The molecule has 0 spiro atoms. The summed E-state index contributed by atoms with van der Waals surface area (Å²) >= 11 is 1.34. The van der Waals surface area contributed by atoms with Gasteiger partial charge in [-0.3, -0.25) is 4.79 Å². The summed E-state index contributed by atoms with van der Waals surface area (Å²) < 4.78 is 41.7. The molecule has 190 valence electrons. The molecule has 37 heavy (non-hydrogen) atoms. The number of hydrogen-bond acceptors (Lipinski definition) is 6. The molecule has 5 rings (SSSR count). The van der Waals surface area contributed by atoms with E-state index >= 15 is 0 Å². The Morgan fingerprint density at radius 2 is 1.95 bits per heavy atom. The SMILES string of the molecule is C[C@H](N1Cc2cc(-c3ccn4nc(N)c(C(=O)O)c4n3)cc(SCc3ccccc3)c2C1=O)C(F)(F)F. The van der Waals surface area contributed by atoms with Crippen molar-refractivity contribution in [3.63, 3.8) is 0 Å². The monoisotopic (exact) mass is 527 g/mol. The minimum atomic E-state index is -4.57. The first-order valence-corrected chi connectivity index (χ1v) is 12.1. The average Bonchev–Trinajstić information content (AvgIpc) is 3.37. The largest absolute Gasteiger partial charge is 0.477 e. The lowest BCUT2D eigenvalue weighted by molar-refractivity contribution is -0.172. The first-order chi connectivity index (χ1) is 17.5. The van der Waals surface area contributed by atoms with E-state index in [1.165, 1.54) is 22.5 Å². The molecule has 1 atom stereocenters. The van der Waals surface area contributed by atoms with Crippen molar-refractivity contribution < 1.29 is 27.9 Å². The van der Waals surface area contributed by atoms with Crippen molar-refractivity contribution in [2.75, 3.05) is 5.73 Å². The van der Waals surface area contributed by atoms with Crippen molar-refractivity contribution in [3.05, 3.63) is 77.0 Å². The van der Waals surface area contributed by atoms with Crippen molar-refractivity contribution in [2.24, 2.45) is 0 Å². The molecule has 3 heterocycles. The van der Waals surface area contributed by atoms with Crippen LogP contribution in [0.3, 0.4) is 0 Å². The number of carbonyl (C=O) groups excluding carboxylic acids is 1. The fraction of sp³-hybridized carbons (Fsp3) is 0.200. The predicted octanol–water partition coefficient (Wildman–Crippen LogP) is 4.88. The number of carbonyl (C=O) groups is 2. The van der Waals surface area contributed by atoms with Gasteiger partial charge in [0.05, 0.1) is 11.3 Å². The van der Waals surface area contributed by atoms with Crippen LogP contribution in [0.5, 0.6) is 0 Å². The van der Waals surface area contributed by atoms with Gasteiger partial charge >= 0.3 is 12.1 Å². The molecule has 0 saturated heterocycles. The van der Waals surface area contributed by atoms with Crippen molar-refractivity contribution in [2.45, 2.75) is 36.3 Å². The summed E-state index contributed by atoms with van der Waals surface area (Å²) in [6, 6.07) is 12.5. The van der Waals surface area contributed by atoms with Crippen LogP contribution in [0, 0.1) is 0 Å². The Hall–Kier alpha value is -4.06. The lowest BCUT2D eigenvalue weighted by Gasteiger charge is -2.26. The molecule has 8 nitrogen and oxygen atoms in total. The molecule has 3 N–H and O–H groups in total. The van der Waals surface area contributed by atoms with E-state index < -0.39 is 24.1 Å². The highest BCUT2D eigenvalue weighted by Gasteiger charge is 2.45. The summed E-state index contributed by atoms with van der Waals surface area (Å²) in [5, 5.41) is 13.5. The number of nitrogens with zero attached hydrogens (tertiary/aromatic N) is 4. The summed E-state index contributed by atoms with van der Waals surface area (Å²) in [5.41, 5.74) is 8.09. The Kier molecular flexibility index (Phi) is 6.06. The molecule has 2 aromatic heterocycles. The normalized spacial score (nSPS) is 14.3. The van der Waals surface area contributed by atoms with E-state index in [-0.39, 0.29) is 29.1 Å². The standard InChI is InChI=1S/C25H20F3N5O3S/c1-13(25(26,27)28)32-11-16-9-15(17-7-8-33-22(30-17)20(24(35)36)21(29)31-33)10-18(19(16)23(32)34)37-12-14-5-3-2-4-6-14/h2-10,13H,11-12H2,1H3,(H2,29,31)(H,35,36)/t13-/m0/s1. The number of nitrogens with two attached hydrogens (primary N) is 1. The van der Waals surface area contributed by atoms with E-state index in [1.807, 2.05) is 30.3 Å². The second-order valence-corrected chi connectivity index (χ2v) is 9.60. The van der Waals surface area contributed by atoms with Gasteiger partial charge in [0.2, 0.25) is 0 Å². The van der Waals surface area contributed by atoms with Crippen molar-refractivity contribution in [1.29, 1.82) is 0 Å². The molecule has 4 aromatic rings. The Balaban J connectivity index is 1.61. The summed E-state index contributed by atoms with van der Waals surface area (Å²) in [4.78, 5) is 30.6. The van der Waals surface area contributed by atoms with E-state index in [2.05, 4.69) is 10.1 Å². The van der Waals surface area contributed by atoms with E-state index in [0.717, 1.165) is 17.4 Å². The number of alkyl halides is 3. The van der Waals surface area contributed by atoms with E-state index in [0.29, 0.717) is 27.5 Å². The van der Waals surface area contributed by atoms with Gasteiger partial charge in [-0.25, -0.2) is 14.3 Å². The number of fused-ring (bicyclic) bond motifs is 2. The maximum Gasteiger partial charge on any atom is 0.408 e. The van der Waals surface area contributed by atoms with Crippen LogP contribution in [-0.4, -0.2) is 48.7 Å². The Bertz CT molecular complexity index is 1540. The van der Waals surface area contributed by atoms with E-state index in [4.69, 9.17) is 5.73 Å². The third-order valence-corrected chi connectivity index (χ3v) is 7.31. The van der Waals surface area contributed by atoms with Gasteiger partial charge in [0.25, 0.3) is 5.91 Å². The van der Waals surface area contributed by atoms with Crippen molar-refractivity contribution in [3.8, 4) is 11.3 Å². The number of anilines is 1. The third-order valence-electron chi connectivity index (χ3n) is 6.20. The summed E-state index contributed by atoms with van der Waals surface area (Å²) in [7, 11) is 0. The minimum absolute atomic E-state index is 0.0323. The number of amides is 1. The van der Waals surface area contributed by atoms with Gasteiger partial charge in [0.1, 0.15) is 11.6 Å². The second kappa shape index (κ2) is 9.11. The summed E-state index contributed by atoms with van der Waals surface area (Å²) in [6.45, 7) is 0.762. The number of aromatic nitrogens is 3. The van der Waals surface area contributed by atoms with Crippen LogP contribution < -0.4 is 5.73 Å². The van der Waals surface area contributed by atoms with Gasteiger partial charge in [-0.2, -0.15) is 13.2 Å². The quantitative estimate of drug-likeness (QED) is 0.344. The van der Waals surface area contributed by atoms with Gasteiger partial charge in [-0.15, -0.1) is 16.9 Å². The molecule has 0 saturated carbocycles. The van der Waals surface area contributed by atoms with E-state index in [1.54, 1.807) is 18.2 Å². The molecule has 0 unspecified atom stereocenters. The fourth-order valence-electron chi connectivity index (χ4n) is 4.24. The van der Waals surface area contributed by atoms with Crippen molar-refractivity contribution >= 4 is 35.1 Å². The Labute approximate surface area is 212 Å². The molecule has 0 radical (unpaired) electrons. The van der Waals surface area contributed by atoms with Crippen LogP contribution in [0.25, 0.3) is 16.9 Å². The number of rotatable bonds is 6. The predicted molar refractivity (Wildman–Crippen MR) is 131 cm³/mol. The zero-order chi connectivity index (χ0) is 26.5. The van der Waals surface area contributed by atoms with E-state index in [9.17, 15) is 27.9 Å². The molecule has 2 aromatic carbocycles. The van der Waals surface area contributed by atoms with Gasteiger partial charge in [0.15, 0.2) is 11.5 Å². The number of carboxylic acids is 1. The molecule has 12 heteroatoms. The smallest absolute Gasteiger partial charge is 0.408 e. The molecular weight excluding hydrogens is 507 g/mol. The maximum absolute atomic E-state index is 13.5. The third kappa shape index (κ3) is 4.48. The van der Waals surface area contributed by atoms with Crippen LogP contribution in [0.15, 0.2) is 59.6 Å². The topological polar surface area (TPSA) is 114 Å². The number of carboxylic acid groups (broad SMARTS) is 1. The van der Waals surface area contributed by atoms with Crippen LogP contribution >= 0.6 is 11.8 Å². The molecule has 0 bridgehead atoms. The molecule has 1 aliphatic rings. The lowest BCUT2D eigenvalue weighted by Crippen LogP contribution is -2.43. The van der Waals surface area contributed by atoms with Crippen LogP contribution in [0.2, 0.25) is 0 Å². The highest BCUT2D eigenvalue weighted by molar-refractivity contribution is 7.98. The average molecular weight is 528 g/mol. The van der Waals surface area contributed by atoms with Crippen LogP contribution in [0.1, 0.15) is 38.8 Å². The number of benzene rings is 2. The zero-order valence-corrected chi connectivity index (χ0v) is 20.2. The zero-order valence-electron chi connectivity index (χ0n) is 19.4. The number of nitrogen functional groups attached to an aromatic ring is 1. The minimum Gasteiger partial charge on any atom is -0.477 e. The highest BCUT2D eigenvalue weighted by Crippen LogP contribution is 2.40. The first kappa shape index (κ1) is 24.6. The maximum atomic E-state index is 13.5. The molecule has 0 aliphatic carbocycles. The Morgan fingerprint density at radius 3 is 2.62 bits per heavy atom. The molecular formula is C25H20F3N5O3S. The molecule has 1 aliphatic heterocycles. The van der Waals surface area contributed by atoms with Crippen molar-refractivity contribution in [1.82, 2.24) is 19.5 Å². The fourth-order valence-corrected chi connectivity index (χ4v) is 5.33. The van der Waals surface area contributed by atoms with Gasteiger partial charge < -0.3 is 15.7 Å². The lowest BCUT2D eigenvalue weighted by atomic mass is 10.0. The Morgan fingerprint density at radius 1 is 1.22 bits per heavy atom. The summed E-state index contributed by atoms with van der Waals surface area (Å²) in [6.07, 6.45) is -3.06.